The van der Waals surface area contributed by atoms with Crippen molar-refractivity contribution >= 4 is 35.7 Å². The van der Waals surface area contributed by atoms with Crippen LogP contribution in [0.5, 0.6) is 0 Å². The van der Waals surface area contributed by atoms with Crippen molar-refractivity contribution < 1.29 is 38.2 Å². The summed E-state index contributed by atoms with van der Waals surface area (Å²) in [6.45, 7) is 10.1. The Morgan fingerprint density at radius 1 is 0.887 bits per heavy atom. The molecule has 1 saturated heterocycles. The molecule has 4 N–H and O–H groups in total. The summed E-state index contributed by atoms with van der Waals surface area (Å²) < 4.78 is 10.9. The number of likely N-dealkylation sites (tertiary alicyclic amines) is 1. The van der Waals surface area contributed by atoms with Crippen LogP contribution >= 0.6 is 0 Å². The number of carbonyl (C=O) groups is 6. The van der Waals surface area contributed by atoms with Crippen molar-refractivity contribution in [3.63, 3.8) is 0 Å². The summed E-state index contributed by atoms with van der Waals surface area (Å²) in [5.41, 5.74) is -0.781. The highest BCUT2D eigenvalue weighted by Crippen LogP contribution is 2.28. The van der Waals surface area contributed by atoms with Gasteiger partial charge in [0.1, 0.15) is 36.5 Å². The summed E-state index contributed by atoms with van der Waals surface area (Å²) in [7, 11) is 0. The zero-order chi connectivity index (χ0) is 38.8. The highest BCUT2D eigenvalue weighted by atomic mass is 16.6. The van der Waals surface area contributed by atoms with E-state index in [0.717, 1.165) is 37.7 Å². The third kappa shape index (κ3) is 12.2. The Balaban J connectivity index is 1.46. The van der Waals surface area contributed by atoms with Crippen LogP contribution in [0.2, 0.25) is 0 Å². The van der Waals surface area contributed by atoms with Gasteiger partial charge in [0, 0.05) is 25.5 Å². The van der Waals surface area contributed by atoms with Gasteiger partial charge >= 0.3 is 12.1 Å². The first-order chi connectivity index (χ1) is 25.0. The number of benzene rings is 1. The van der Waals surface area contributed by atoms with Crippen LogP contribution in [0.25, 0.3) is 0 Å². The first-order valence-electron chi connectivity index (χ1n) is 18.1. The fraction of sp³-hybridized carbons (Fsp3) is 0.579. The van der Waals surface area contributed by atoms with E-state index in [1.807, 2.05) is 18.2 Å². The molecule has 2 aromatic rings. The molecule has 2 aliphatic rings. The van der Waals surface area contributed by atoms with Gasteiger partial charge in [0.25, 0.3) is 5.91 Å². The lowest BCUT2D eigenvalue weighted by Gasteiger charge is -2.35. The van der Waals surface area contributed by atoms with Gasteiger partial charge < -0.3 is 35.6 Å². The van der Waals surface area contributed by atoms with E-state index >= 15 is 0 Å². The van der Waals surface area contributed by atoms with Crippen LogP contribution in [0.1, 0.15) is 89.7 Å². The van der Waals surface area contributed by atoms with E-state index in [2.05, 4.69) is 31.2 Å². The van der Waals surface area contributed by atoms with Gasteiger partial charge in [-0.2, -0.15) is 0 Å². The second-order valence-electron chi connectivity index (χ2n) is 15.7. The Labute approximate surface area is 310 Å². The molecule has 5 amide bonds. The second kappa shape index (κ2) is 18.1. The van der Waals surface area contributed by atoms with Crippen molar-refractivity contribution in [2.45, 2.75) is 104 Å². The summed E-state index contributed by atoms with van der Waals surface area (Å²) in [6, 6.07) is 6.21. The number of ether oxygens (including phenoxy) is 2. The fourth-order valence-corrected chi connectivity index (χ4v) is 6.47. The quantitative estimate of drug-likeness (QED) is 0.235. The molecular formula is C38H53N7O8. The number of hydrogen-bond donors (Lipinski definition) is 4. The third-order valence-corrected chi connectivity index (χ3v) is 9.21. The van der Waals surface area contributed by atoms with E-state index in [4.69, 9.17) is 9.47 Å². The Hall–Kier alpha value is -5.08. The maximum absolute atomic E-state index is 14.1. The molecule has 2 fully saturated rings. The van der Waals surface area contributed by atoms with Gasteiger partial charge in [-0.1, -0.05) is 70.4 Å². The summed E-state index contributed by atoms with van der Waals surface area (Å²) in [6.07, 6.45) is 7.69. The van der Waals surface area contributed by atoms with Crippen molar-refractivity contribution in [2.24, 2.45) is 17.3 Å². The number of carbonyl (C=O) groups excluding carboxylic acids is 6. The second-order valence-corrected chi connectivity index (χ2v) is 15.7. The number of alkyl carbamates (subject to hydrolysis) is 1. The molecule has 1 aromatic heterocycles. The van der Waals surface area contributed by atoms with Crippen molar-refractivity contribution in [1.29, 1.82) is 0 Å². The zero-order valence-corrected chi connectivity index (χ0v) is 31.5. The monoisotopic (exact) mass is 735 g/mol. The maximum Gasteiger partial charge on any atom is 0.407 e. The van der Waals surface area contributed by atoms with Gasteiger partial charge in [0.2, 0.25) is 17.7 Å². The van der Waals surface area contributed by atoms with Crippen LogP contribution in [0.4, 0.5) is 4.79 Å². The molecule has 1 aliphatic carbocycles. The van der Waals surface area contributed by atoms with Gasteiger partial charge in [-0.15, -0.1) is 0 Å². The Morgan fingerprint density at radius 3 is 2.21 bits per heavy atom. The van der Waals surface area contributed by atoms with E-state index in [1.54, 1.807) is 53.7 Å². The Bertz CT molecular complexity index is 1590. The fourth-order valence-electron chi connectivity index (χ4n) is 6.47. The molecule has 15 nitrogen and oxygen atoms in total. The molecular weight excluding hydrogens is 682 g/mol. The highest BCUT2D eigenvalue weighted by molar-refractivity contribution is 5.97. The number of nitrogens with zero attached hydrogens (tertiary/aromatic N) is 3. The molecule has 53 heavy (non-hydrogen) atoms. The number of hydrogen-bond acceptors (Lipinski definition) is 10. The molecule has 4 atom stereocenters. The molecule has 1 unspecified atom stereocenters. The molecule has 0 bridgehead atoms. The molecule has 1 aliphatic heterocycles. The summed E-state index contributed by atoms with van der Waals surface area (Å²) in [5.74, 6) is -3.79. The van der Waals surface area contributed by atoms with Crippen LogP contribution in [-0.4, -0.2) is 93.9 Å². The van der Waals surface area contributed by atoms with Gasteiger partial charge in [-0.05, 0) is 50.5 Å². The number of amides is 5. The average Bonchev–Trinajstić information content (AvgIpc) is 3.54. The summed E-state index contributed by atoms with van der Waals surface area (Å²) >= 11 is 0. The summed E-state index contributed by atoms with van der Waals surface area (Å²) in [4.78, 5) is 89.6. The maximum atomic E-state index is 14.1. The molecule has 288 valence electrons. The van der Waals surface area contributed by atoms with Gasteiger partial charge in [0.15, 0.2) is 0 Å². The van der Waals surface area contributed by atoms with Gasteiger partial charge in [-0.25, -0.2) is 9.78 Å². The predicted octanol–water partition coefficient (Wildman–Crippen LogP) is 2.90. The predicted molar refractivity (Wildman–Crippen MR) is 194 cm³/mol. The lowest BCUT2D eigenvalue weighted by Crippen LogP contribution is -2.61. The topological polar surface area (TPSA) is 198 Å². The van der Waals surface area contributed by atoms with Crippen LogP contribution in [-0.2, 0) is 35.3 Å². The first-order valence-corrected chi connectivity index (χ1v) is 18.1. The smallest absolute Gasteiger partial charge is 0.407 e. The van der Waals surface area contributed by atoms with Crippen LogP contribution in [0, 0.1) is 17.3 Å². The minimum atomic E-state index is -1.08. The Kier molecular flexibility index (Phi) is 13.9. The van der Waals surface area contributed by atoms with E-state index < -0.39 is 77.3 Å². The van der Waals surface area contributed by atoms with Crippen LogP contribution in [0.15, 0.2) is 48.9 Å². The average molecular weight is 736 g/mol. The number of nitrogens with one attached hydrogen (secondary N) is 4. The molecule has 4 rings (SSSR count). The van der Waals surface area contributed by atoms with Crippen LogP contribution < -0.4 is 21.3 Å². The van der Waals surface area contributed by atoms with Crippen molar-refractivity contribution in [3.05, 3.63) is 60.2 Å². The van der Waals surface area contributed by atoms with Crippen molar-refractivity contribution in [3.8, 4) is 0 Å². The van der Waals surface area contributed by atoms with E-state index in [9.17, 15) is 28.8 Å². The molecule has 15 heteroatoms. The highest BCUT2D eigenvalue weighted by Gasteiger charge is 2.45. The number of aromatic nitrogens is 2. The number of rotatable bonds is 12. The molecule has 0 spiro atoms. The minimum Gasteiger partial charge on any atom is -0.460 e. The largest absolute Gasteiger partial charge is 0.460 e. The summed E-state index contributed by atoms with van der Waals surface area (Å²) in [5, 5.41) is 11.1. The third-order valence-electron chi connectivity index (χ3n) is 9.21. The lowest BCUT2D eigenvalue weighted by atomic mass is 9.82. The Morgan fingerprint density at radius 2 is 1.58 bits per heavy atom. The molecule has 1 saturated carbocycles. The minimum absolute atomic E-state index is 0.0281. The zero-order valence-electron chi connectivity index (χ0n) is 31.5. The van der Waals surface area contributed by atoms with Gasteiger partial charge in [-0.3, -0.25) is 29.0 Å². The standard InChI is InChI=1S/C38H53N7O8/c1-37(2,3)31(44-33(48)30(25-15-11-8-12-16-25)43-32(47)27-19-39-17-18-40-27)34(49)42-28-22-45(21-26(28)35(50)53-38(4,5)6)29(46)20-41-36(51)52-23-24-13-9-7-10-14-24/h7,9-10,13-14,17-19,25-26,28,30-31H,8,11-12,15-16,20-23H2,1-6H3,(H,41,51)(H,42,49)(H,43,47)(H,44,48)/t26-,28+,30+,31?/m1/s1. The van der Waals surface area contributed by atoms with E-state index in [0.29, 0.717) is 0 Å². The normalized spacial score (nSPS) is 18.9. The van der Waals surface area contributed by atoms with Crippen LogP contribution in [0.3, 0.4) is 0 Å². The first kappa shape index (κ1) is 40.7. The lowest BCUT2D eigenvalue weighted by molar-refractivity contribution is -0.160. The van der Waals surface area contributed by atoms with E-state index in [1.165, 1.54) is 23.5 Å². The number of esters is 1. The van der Waals surface area contributed by atoms with Crippen molar-refractivity contribution in [1.82, 2.24) is 36.1 Å². The molecule has 1 aromatic carbocycles. The van der Waals surface area contributed by atoms with E-state index in [-0.39, 0.29) is 31.3 Å². The SMILES string of the molecule is CC(C)(C)OC(=O)[C@@H]1CN(C(=O)CNC(=O)OCc2ccccc2)C[C@@H]1NC(=O)C(NC(=O)[C@@H](NC(=O)c1cnccn1)C1CCCCC1)C(C)(C)C. The van der Waals surface area contributed by atoms with Gasteiger partial charge in [0.05, 0.1) is 18.2 Å². The molecule has 0 radical (unpaired) electrons. The van der Waals surface area contributed by atoms with Crippen molar-refractivity contribution in [2.75, 3.05) is 19.6 Å². The molecule has 2 heterocycles.